The van der Waals surface area contributed by atoms with Crippen LogP contribution >= 0.6 is 0 Å². The molecule has 5 nitrogen and oxygen atoms in total. The van der Waals surface area contributed by atoms with Crippen molar-refractivity contribution >= 4 is 0 Å². The Balaban J connectivity index is 2.19. The number of rotatable bonds is 4. The Bertz CT molecular complexity index is 402. The summed E-state index contributed by atoms with van der Waals surface area (Å²) >= 11 is 0. The standard InChI is InChI=1S/C13H19NO4/c1-16-10-7-12(15)11(13(8-10)17-2)9-14-3-5-18-6-4-14/h7-8,15H,3-6,9H2,1-2H3. The van der Waals surface area contributed by atoms with E-state index in [-0.39, 0.29) is 5.75 Å². The Morgan fingerprint density at radius 2 is 1.94 bits per heavy atom. The second-order valence-corrected chi connectivity index (χ2v) is 4.22. The van der Waals surface area contributed by atoms with Gasteiger partial charge in [-0.1, -0.05) is 0 Å². The van der Waals surface area contributed by atoms with Crippen molar-refractivity contribution in [2.45, 2.75) is 6.54 Å². The number of hydrogen-bond acceptors (Lipinski definition) is 5. The molecule has 1 aliphatic rings. The molecule has 1 saturated heterocycles. The van der Waals surface area contributed by atoms with Gasteiger partial charge in [-0.25, -0.2) is 0 Å². The van der Waals surface area contributed by atoms with Crippen LogP contribution in [0, 0.1) is 0 Å². The molecule has 1 fully saturated rings. The van der Waals surface area contributed by atoms with Crippen LogP contribution < -0.4 is 9.47 Å². The highest BCUT2D eigenvalue weighted by Crippen LogP contribution is 2.34. The molecule has 100 valence electrons. The second-order valence-electron chi connectivity index (χ2n) is 4.22. The van der Waals surface area contributed by atoms with Gasteiger partial charge in [0.1, 0.15) is 17.2 Å². The second kappa shape index (κ2) is 5.93. The molecule has 18 heavy (non-hydrogen) atoms. The quantitative estimate of drug-likeness (QED) is 0.875. The van der Waals surface area contributed by atoms with Crippen LogP contribution in [0.4, 0.5) is 0 Å². The topological polar surface area (TPSA) is 51.2 Å². The third-order valence-electron chi connectivity index (χ3n) is 3.10. The third kappa shape index (κ3) is 2.86. The van der Waals surface area contributed by atoms with Crippen molar-refractivity contribution in [3.05, 3.63) is 17.7 Å². The van der Waals surface area contributed by atoms with E-state index in [9.17, 15) is 5.11 Å². The van der Waals surface area contributed by atoms with Gasteiger partial charge in [0.05, 0.1) is 33.0 Å². The zero-order valence-corrected chi connectivity index (χ0v) is 10.8. The molecule has 1 aliphatic heterocycles. The zero-order chi connectivity index (χ0) is 13.0. The maximum atomic E-state index is 10.0. The first-order chi connectivity index (χ1) is 8.74. The molecule has 0 amide bonds. The average Bonchev–Trinajstić information content (AvgIpc) is 2.42. The van der Waals surface area contributed by atoms with Crippen molar-refractivity contribution in [3.8, 4) is 17.2 Å². The van der Waals surface area contributed by atoms with Crippen molar-refractivity contribution in [3.63, 3.8) is 0 Å². The molecule has 0 aliphatic carbocycles. The first kappa shape index (κ1) is 13.0. The Hall–Kier alpha value is -1.46. The number of methoxy groups -OCH3 is 2. The van der Waals surface area contributed by atoms with E-state index < -0.39 is 0 Å². The van der Waals surface area contributed by atoms with Gasteiger partial charge < -0.3 is 19.3 Å². The zero-order valence-electron chi connectivity index (χ0n) is 10.8. The van der Waals surface area contributed by atoms with E-state index in [0.717, 1.165) is 31.9 Å². The molecule has 1 N–H and O–H groups in total. The number of ether oxygens (including phenoxy) is 3. The van der Waals surface area contributed by atoms with E-state index in [2.05, 4.69) is 4.90 Å². The Labute approximate surface area is 107 Å². The Morgan fingerprint density at radius 1 is 1.22 bits per heavy atom. The summed E-state index contributed by atoms with van der Waals surface area (Å²) in [6.45, 7) is 3.87. The SMILES string of the molecule is COc1cc(O)c(CN2CCOCC2)c(OC)c1. The van der Waals surface area contributed by atoms with E-state index in [1.165, 1.54) is 0 Å². The molecule has 0 unspecified atom stereocenters. The van der Waals surface area contributed by atoms with Gasteiger partial charge >= 0.3 is 0 Å². The van der Waals surface area contributed by atoms with E-state index in [1.807, 2.05) is 0 Å². The normalized spacial score (nSPS) is 16.6. The van der Waals surface area contributed by atoms with Crippen LogP contribution in [-0.2, 0) is 11.3 Å². The first-order valence-electron chi connectivity index (χ1n) is 5.98. The smallest absolute Gasteiger partial charge is 0.130 e. The summed E-state index contributed by atoms with van der Waals surface area (Å²) in [5.74, 6) is 1.45. The summed E-state index contributed by atoms with van der Waals surface area (Å²) in [5, 5.41) is 10.0. The lowest BCUT2D eigenvalue weighted by molar-refractivity contribution is 0.0335. The molecule has 0 aromatic heterocycles. The highest BCUT2D eigenvalue weighted by atomic mass is 16.5. The number of hydrogen-bond donors (Lipinski definition) is 1. The van der Waals surface area contributed by atoms with Gasteiger partial charge in [0.2, 0.25) is 0 Å². The Morgan fingerprint density at radius 3 is 2.56 bits per heavy atom. The molecular formula is C13H19NO4. The lowest BCUT2D eigenvalue weighted by Gasteiger charge is -2.27. The number of benzene rings is 1. The molecule has 5 heteroatoms. The van der Waals surface area contributed by atoms with Crippen molar-refractivity contribution in [1.82, 2.24) is 4.90 Å². The predicted molar refractivity (Wildman–Crippen MR) is 67.3 cm³/mol. The predicted octanol–water partition coefficient (Wildman–Crippen LogP) is 1.24. The van der Waals surface area contributed by atoms with Gasteiger partial charge in [-0.2, -0.15) is 0 Å². The number of phenols is 1. The van der Waals surface area contributed by atoms with Crippen LogP contribution in [0.1, 0.15) is 5.56 Å². The fourth-order valence-electron chi connectivity index (χ4n) is 2.05. The highest BCUT2D eigenvalue weighted by molar-refractivity contribution is 5.49. The van der Waals surface area contributed by atoms with Crippen LogP contribution in [-0.4, -0.2) is 50.5 Å². The summed E-state index contributed by atoms with van der Waals surface area (Å²) in [7, 11) is 3.16. The van der Waals surface area contributed by atoms with Crippen molar-refractivity contribution in [1.29, 1.82) is 0 Å². The van der Waals surface area contributed by atoms with Gasteiger partial charge in [-0.15, -0.1) is 0 Å². The molecule has 0 radical (unpaired) electrons. The first-order valence-corrected chi connectivity index (χ1v) is 5.98. The fourth-order valence-corrected chi connectivity index (χ4v) is 2.05. The summed E-state index contributed by atoms with van der Waals surface area (Å²) in [6, 6.07) is 3.40. The van der Waals surface area contributed by atoms with Gasteiger partial charge in [0, 0.05) is 31.8 Å². The van der Waals surface area contributed by atoms with E-state index in [0.29, 0.717) is 18.0 Å². The van der Waals surface area contributed by atoms with Crippen molar-refractivity contribution < 1.29 is 19.3 Å². The van der Waals surface area contributed by atoms with Crippen LogP contribution in [0.5, 0.6) is 17.2 Å². The number of nitrogens with zero attached hydrogens (tertiary/aromatic N) is 1. The molecular weight excluding hydrogens is 234 g/mol. The number of phenolic OH excluding ortho intramolecular Hbond substituents is 1. The van der Waals surface area contributed by atoms with E-state index in [4.69, 9.17) is 14.2 Å². The summed E-state index contributed by atoms with van der Waals surface area (Å²) < 4.78 is 15.7. The maximum absolute atomic E-state index is 10.0. The van der Waals surface area contributed by atoms with E-state index in [1.54, 1.807) is 26.4 Å². The van der Waals surface area contributed by atoms with Gasteiger partial charge in [0.25, 0.3) is 0 Å². The van der Waals surface area contributed by atoms with Gasteiger partial charge in [-0.3, -0.25) is 4.90 Å². The van der Waals surface area contributed by atoms with Gasteiger partial charge in [0.15, 0.2) is 0 Å². The molecule has 1 heterocycles. The Kier molecular flexibility index (Phi) is 4.28. The summed E-state index contributed by atoms with van der Waals surface area (Å²) in [6.07, 6.45) is 0. The van der Waals surface area contributed by atoms with Crippen LogP contribution in [0.25, 0.3) is 0 Å². The molecule has 1 aromatic rings. The molecule has 0 spiro atoms. The molecule has 0 bridgehead atoms. The number of morpholine rings is 1. The van der Waals surface area contributed by atoms with Crippen LogP contribution in [0.3, 0.4) is 0 Å². The lowest BCUT2D eigenvalue weighted by Crippen LogP contribution is -2.35. The molecule has 0 atom stereocenters. The van der Waals surface area contributed by atoms with Gasteiger partial charge in [-0.05, 0) is 0 Å². The fraction of sp³-hybridized carbons (Fsp3) is 0.538. The minimum absolute atomic E-state index is 0.206. The monoisotopic (exact) mass is 253 g/mol. The minimum Gasteiger partial charge on any atom is -0.507 e. The largest absolute Gasteiger partial charge is 0.507 e. The average molecular weight is 253 g/mol. The third-order valence-corrected chi connectivity index (χ3v) is 3.10. The van der Waals surface area contributed by atoms with Crippen LogP contribution in [0.2, 0.25) is 0 Å². The highest BCUT2D eigenvalue weighted by Gasteiger charge is 2.17. The molecule has 0 saturated carbocycles. The van der Waals surface area contributed by atoms with Crippen molar-refractivity contribution in [2.24, 2.45) is 0 Å². The molecule has 1 aromatic carbocycles. The minimum atomic E-state index is 0.206. The van der Waals surface area contributed by atoms with E-state index >= 15 is 0 Å². The summed E-state index contributed by atoms with van der Waals surface area (Å²) in [5.41, 5.74) is 0.792. The van der Waals surface area contributed by atoms with Crippen LogP contribution in [0.15, 0.2) is 12.1 Å². The lowest BCUT2D eigenvalue weighted by atomic mass is 10.1. The maximum Gasteiger partial charge on any atom is 0.130 e. The summed E-state index contributed by atoms with van der Waals surface area (Å²) in [4.78, 5) is 2.23. The molecule has 2 rings (SSSR count). The number of aromatic hydroxyl groups is 1. The van der Waals surface area contributed by atoms with Crippen molar-refractivity contribution in [2.75, 3.05) is 40.5 Å².